The minimum Gasteiger partial charge on any atom is -0.507 e. The number of amides is 2. The number of phenols is 1. The Labute approximate surface area is 180 Å². The van der Waals surface area contributed by atoms with E-state index in [1.807, 2.05) is 38.1 Å². The van der Waals surface area contributed by atoms with Gasteiger partial charge in [0.25, 0.3) is 0 Å². The zero-order chi connectivity index (χ0) is 22.1. The van der Waals surface area contributed by atoms with Gasteiger partial charge >= 0.3 is 6.03 Å². The molecule has 3 aromatic rings. The predicted octanol–water partition coefficient (Wildman–Crippen LogP) is 5.49. The molecule has 4 nitrogen and oxygen atoms in total. The summed E-state index contributed by atoms with van der Waals surface area (Å²) in [7, 11) is 0. The van der Waals surface area contributed by atoms with Crippen LogP contribution in [-0.2, 0) is 19.4 Å². The Hall–Kier alpha value is -3.41. The van der Waals surface area contributed by atoms with Gasteiger partial charge in [-0.1, -0.05) is 36.4 Å². The molecule has 0 heterocycles. The molecule has 3 aromatic carbocycles. The summed E-state index contributed by atoms with van der Waals surface area (Å²) in [5.74, 6) is -1.28. The Balaban J connectivity index is 1.63. The lowest BCUT2D eigenvalue weighted by Gasteiger charge is -2.30. The third-order valence-electron chi connectivity index (χ3n) is 5.81. The third-order valence-corrected chi connectivity index (χ3v) is 5.81. The SMILES string of the molecule is Cc1cc(CN(C(=O)Nc2ccc(F)cc2F)C2Cc3ccccc3C2)cc(C)c1O. The molecule has 6 heteroatoms. The van der Waals surface area contributed by atoms with Crippen LogP contribution < -0.4 is 5.32 Å². The van der Waals surface area contributed by atoms with Gasteiger partial charge in [0.05, 0.1) is 5.69 Å². The molecule has 31 heavy (non-hydrogen) atoms. The third kappa shape index (κ3) is 4.38. The standard InChI is InChI=1S/C25H24F2N2O2/c1-15-9-17(10-16(2)24(15)30)14-29(21-11-18-5-3-4-6-19(18)12-21)25(31)28-23-8-7-20(26)13-22(23)27/h3-10,13,21,30H,11-12,14H2,1-2H3,(H,28,31). The van der Waals surface area contributed by atoms with Gasteiger partial charge in [0, 0.05) is 18.7 Å². The Bertz CT molecular complexity index is 1100. The molecule has 0 spiro atoms. The first-order valence-electron chi connectivity index (χ1n) is 10.2. The van der Waals surface area contributed by atoms with E-state index >= 15 is 0 Å². The number of halogens is 2. The number of rotatable bonds is 4. The number of nitrogens with zero attached hydrogens (tertiary/aromatic N) is 1. The number of aryl methyl sites for hydroxylation is 2. The van der Waals surface area contributed by atoms with Gasteiger partial charge in [0.1, 0.15) is 17.4 Å². The molecule has 0 radical (unpaired) electrons. The zero-order valence-corrected chi connectivity index (χ0v) is 17.5. The van der Waals surface area contributed by atoms with Crippen LogP contribution in [0.15, 0.2) is 54.6 Å². The van der Waals surface area contributed by atoms with E-state index in [0.29, 0.717) is 19.4 Å². The number of phenolic OH excluding ortho intramolecular Hbond substituents is 1. The van der Waals surface area contributed by atoms with E-state index in [1.54, 1.807) is 4.90 Å². The molecule has 0 fully saturated rings. The van der Waals surface area contributed by atoms with Gasteiger partial charge in [0.15, 0.2) is 0 Å². The molecule has 0 saturated heterocycles. The van der Waals surface area contributed by atoms with Crippen LogP contribution in [0, 0.1) is 25.5 Å². The van der Waals surface area contributed by atoms with E-state index in [0.717, 1.165) is 28.8 Å². The summed E-state index contributed by atoms with van der Waals surface area (Å²) in [6, 6.07) is 14.3. The van der Waals surface area contributed by atoms with Gasteiger partial charge < -0.3 is 15.3 Å². The van der Waals surface area contributed by atoms with Crippen LogP contribution in [-0.4, -0.2) is 22.1 Å². The van der Waals surface area contributed by atoms with E-state index in [2.05, 4.69) is 17.4 Å². The van der Waals surface area contributed by atoms with Crippen molar-refractivity contribution >= 4 is 11.7 Å². The van der Waals surface area contributed by atoms with Gasteiger partial charge in [0.2, 0.25) is 0 Å². The molecule has 0 aliphatic heterocycles. The summed E-state index contributed by atoms with van der Waals surface area (Å²) in [6.45, 7) is 3.93. The largest absolute Gasteiger partial charge is 0.507 e. The maximum absolute atomic E-state index is 14.1. The van der Waals surface area contributed by atoms with Gasteiger partial charge in [-0.05, 0) is 66.6 Å². The lowest BCUT2D eigenvalue weighted by Crippen LogP contribution is -2.43. The first kappa shape index (κ1) is 20.8. The first-order valence-corrected chi connectivity index (χ1v) is 10.2. The predicted molar refractivity (Wildman–Crippen MR) is 116 cm³/mol. The molecule has 1 aliphatic rings. The van der Waals surface area contributed by atoms with Crippen LogP contribution in [0.4, 0.5) is 19.3 Å². The van der Waals surface area contributed by atoms with E-state index < -0.39 is 17.7 Å². The van der Waals surface area contributed by atoms with Crippen molar-refractivity contribution < 1.29 is 18.7 Å². The Morgan fingerprint density at radius 3 is 2.23 bits per heavy atom. The molecule has 0 aromatic heterocycles. The molecule has 0 unspecified atom stereocenters. The van der Waals surface area contributed by atoms with Crippen molar-refractivity contribution in [3.05, 3.63) is 94.0 Å². The number of fused-ring (bicyclic) bond motifs is 1. The van der Waals surface area contributed by atoms with E-state index in [1.165, 1.54) is 17.2 Å². The van der Waals surface area contributed by atoms with Crippen molar-refractivity contribution in [2.45, 2.75) is 39.3 Å². The van der Waals surface area contributed by atoms with Crippen LogP contribution in [0.3, 0.4) is 0 Å². The number of benzene rings is 3. The smallest absolute Gasteiger partial charge is 0.322 e. The molecule has 4 rings (SSSR count). The minimum atomic E-state index is -0.820. The molecule has 1 aliphatic carbocycles. The van der Waals surface area contributed by atoms with Gasteiger partial charge in [-0.25, -0.2) is 13.6 Å². The van der Waals surface area contributed by atoms with Crippen molar-refractivity contribution in [2.75, 3.05) is 5.32 Å². The molecule has 2 amide bonds. The van der Waals surface area contributed by atoms with Crippen molar-refractivity contribution in [2.24, 2.45) is 0 Å². The summed E-state index contributed by atoms with van der Waals surface area (Å²) in [5.41, 5.74) is 4.65. The molecule has 0 saturated carbocycles. The zero-order valence-electron chi connectivity index (χ0n) is 17.5. The van der Waals surface area contributed by atoms with Crippen molar-refractivity contribution in [3.8, 4) is 5.75 Å². The van der Waals surface area contributed by atoms with E-state index in [-0.39, 0.29) is 17.5 Å². The highest BCUT2D eigenvalue weighted by molar-refractivity contribution is 5.89. The summed E-state index contributed by atoms with van der Waals surface area (Å²) >= 11 is 0. The Morgan fingerprint density at radius 2 is 1.65 bits per heavy atom. The fourth-order valence-electron chi connectivity index (χ4n) is 4.23. The normalized spacial score (nSPS) is 13.2. The average molecular weight is 422 g/mol. The first-order chi connectivity index (χ1) is 14.8. The lowest BCUT2D eigenvalue weighted by atomic mass is 10.0. The second kappa shape index (κ2) is 8.38. The summed E-state index contributed by atoms with van der Waals surface area (Å²) in [5, 5.41) is 12.7. The van der Waals surface area contributed by atoms with Crippen molar-refractivity contribution in [1.82, 2.24) is 4.90 Å². The highest BCUT2D eigenvalue weighted by atomic mass is 19.1. The molecule has 0 bridgehead atoms. The van der Waals surface area contributed by atoms with Crippen LogP contribution in [0.2, 0.25) is 0 Å². The van der Waals surface area contributed by atoms with Crippen LogP contribution in [0.5, 0.6) is 5.75 Å². The van der Waals surface area contributed by atoms with Gasteiger partial charge in [-0.2, -0.15) is 0 Å². The summed E-state index contributed by atoms with van der Waals surface area (Å²) in [4.78, 5) is 14.9. The molecular weight excluding hydrogens is 398 g/mol. The number of hydrogen-bond donors (Lipinski definition) is 2. The molecule has 160 valence electrons. The van der Waals surface area contributed by atoms with Crippen molar-refractivity contribution in [3.63, 3.8) is 0 Å². The lowest BCUT2D eigenvalue weighted by molar-refractivity contribution is 0.185. The highest BCUT2D eigenvalue weighted by Gasteiger charge is 2.30. The molecule has 2 N–H and O–H groups in total. The van der Waals surface area contributed by atoms with Crippen LogP contribution in [0.1, 0.15) is 27.8 Å². The number of hydrogen-bond acceptors (Lipinski definition) is 2. The fraction of sp³-hybridized carbons (Fsp3) is 0.240. The average Bonchev–Trinajstić information content (AvgIpc) is 3.16. The van der Waals surface area contributed by atoms with Crippen LogP contribution in [0.25, 0.3) is 0 Å². The summed E-state index contributed by atoms with van der Waals surface area (Å²) < 4.78 is 27.4. The quantitative estimate of drug-likeness (QED) is 0.584. The van der Waals surface area contributed by atoms with Gasteiger partial charge in [-0.3, -0.25) is 0 Å². The number of carbonyl (C=O) groups excluding carboxylic acids is 1. The van der Waals surface area contributed by atoms with E-state index in [9.17, 15) is 18.7 Å². The Morgan fingerprint density at radius 1 is 1.03 bits per heavy atom. The number of anilines is 1. The monoisotopic (exact) mass is 422 g/mol. The maximum atomic E-state index is 14.1. The second-order valence-electron chi connectivity index (χ2n) is 8.09. The second-order valence-corrected chi connectivity index (χ2v) is 8.09. The summed E-state index contributed by atoms with van der Waals surface area (Å²) in [6.07, 6.45) is 1.40. The van der Waals surface area contributed by atoms with Crippen molar-refractivity contribution in [1.29, 1.82) is 0 Å². The van der Waals surface area contributed by atoms with Crippen LogP contribution >= 0.6 is 0 Å². The number of nitrogens with one attached hydrogen (secondary N) is 1. The topological polar surface area (TPSA) is 52.6 Å². The molecular formula is C25H24F2N2O2. The number of aromatic hydroxyl groups is 1. The fourth-order valence-corrected chi connectivity index (χ4v) is 4.23. The number of carbonyl (C=O) groups is 1. The minimum absolute atomic E-state index is 0.0648. The number of urea groups is 1. The Kier molecular flexibility index (Phi) is 5.63. The van der Waals surface area contributed by atoms with Gasteiger partial charge in [-0.15, -0.1) is 0 Å². The highest BCUT2D eigenvalue weighted by Crippen LogP contribution is 2.29. The maximum Gasteiger partial charge on any atom is 0.322 e. The molecule has 0 atom stereocenters. The van der Waals surface area contributed by atoms with E-state index in [4.69, 9.17) is 0 Å².